The number of halogens is 3. The lowest BCUT2D eigenvalue weighted by atomic mass is 9.80. The van der Waals surface area contributed by atoms with E-state index in [1.807, 2.05) is 30.3 Å². The van der Waals surface area contributed by atoms with Crippen molar-refractivity contribution < 1.29 is 51.7 Å². The number of nitrogens with zero attached hydrogens (tertiary/aromatic N) is 1. The minimum absolute atomic E-state index is 0.105. The number of non-ortho nitro benzene ring substituents is 1. The van der Waals surface area contributed by atoms with Gasteiger partial charge in [0.1, 0.15) is 29.9 Å². The zero-order valence-electron chi connectivity index (χ0n) is 28.6. The molecule has 15 heteroatoms. The van der Waals surface area contributed by atoms with Crippen LogP contribution >= 0.6 is 0 Å². The van der Waals surface area contributed by atoms with Crippen molar-refractivity contribution in [3.63, 3.8) is 0 Å². The van der Waals surface area contributed by atoms with Crippen LogP contribution in [0.25, 0.3) is 0 Å². The first-order valence-corrected chi connectivity index (χ1v) is 16.5. The molecule has 4 rings (SSSR count). The number of methoxy groups -OCH3 is 1. The molecule has 12 nitrogen and oxygen atoms in total. The molecule has 0 saturated heterocycles. The highest BCUT2D eigenvalue weighted by molar-refractivity contribution is 6.00. The summed E-state index contributed by atoms with van der Waals surface area (Å²) >= 11 is 0. The maximum atomic E-state index is 14.2. The van der Waals surface area contributed by atoms with Crippen LogP contribution in [0.5, 0.6) is 11.5 Å². The first-order chi connectivity index (χ1) is 24.9. The zero-order valence-corrected chi connectivity index (χ0v) is 28.6. The number of dihydropyridines is 1. The van der Waals surface area contributed by atoms with Crippen LogP contribution in [-0.2, 0) is 25.5 Å². The molecule has 1 aliphatic rings. The lowest BCUT2D eigenvalue weighted by Crippen LogP contribution is -2.38. The van der Waals surface area contributed by atoms with Gasteiger partial charge in [-0.25, -0.2) is 9.59 Å². The molecule has 52 heavy (non-hydrogen) atoms. The van der Waals surface area contributed by atoms with E-state index in [1.54, 1.807) is 24.3 Å². The van der Waals surface area contributed by atoms with Crippen molar-refractivity contribution in [2.75, 3.05) is 40.0 Å². The predicted molar refractivity (Wildman–Crippen MR) is 183 cm³/mol. The van der Waals surface area contributed by atoms with Gasteiger partial charge in [0, 0.05) is 30.8 Å². The van der Waals surface area contributed by atoms with E-state index in [0.717, 1.165) is 25.7 Å². The molecular weight excluding hydrogens is 687 g/mol. The van der Waals surface area contributed by atoms with Gasteiger partial charge in [0.25, 0.3) is 5.69 Å². The number of unbranched alkanes of at least 4 members (excludes halogenated alkanes) is 1. The number of hydrogen-bond donors (Lipinski definition) is 3. The summed E-state index contributed by atoms with van der Waals surface area (Å²) in [4.78, 5) is 37.2. The van der Waals surface area contributed by atoms with E-state index >= 15 is 0 Å². The number of hydrogen-bond acceptors (Lipinski definition) is 11. The molecule has 0 radical (unpaired) electrons. The molecule has 0 fully saturated rings. The van der Waals surface area contributed by atoms with E-state index in [1.165, 1.54) is 19.1 Å². The van der Waals surface area contributed by atoms with Crippen molar-refractivity contribution in [3.05, 3.63) is 123 Å². The number of carbonyl (C=O) groups excluding carboxylic acids is 2. The lowest BCUT2D eigenvalue weighted by molar-refractivity contribution is -0.384. The Kier molecular flexibility index (Phi) is 14.2. The van der Waals surface area contributed by atoms with Crippen LogP contribution in [0, 0.1) is 10.1 Å². The topological polar surface area (TPSA) is 158 Å². The number of nitro groups is 1. The van der Waals surface area contributed by atoms with Crippen LogP contribution in [0.3, 0.4) is 0 Å². The minimum atomic E-state index is -5.06. The van der Waals surface area contributed by atoms with E-state index < -0.39 is 52.0 Å². The molecule has 2 atom stereocenters. The second-order valence-corrected chi connectivity index (χ2v) is 11.8. The maximum absolute atomic E-state index is 14.2. The molecule has 1 heterocycles. The standard InChI is InChI=1S/C37H40F3N3O9/c1-24-31(32(26-12-10-13-27(21-26)43(47)48)33(35(45)49-2)34(42-24)37(38,39)40)36(46)51-20-17-25-11-6-7-16-30(25)50-19-9-8-18-41-22-28(44)23-52-29-14-4-3-5-15-29/h3-7,10-16,21,28,32,41-42,44H,8-9,17-20,22-23H2,1-2H3. The van der Waals surface area contributed by atoms with Gasteiger partial charge in [-0.15, -0.1) is 0 Å². The fourth-order valence-corrected chi connectivity index (χ4v) is 5.56. The Hall–Kier alpha value is -5.41. The molecule has 0 amide bonds. The summed E-state index contributed by atoms with van der Waals surface area (Å²) in [5, 5.41) is 26.9. The quantitative estimate of drug-likeness (QED) is 0.0656. The van der Waals surface area contributed by atoms with Crippen LogP contribution in [0.2, 0.25) is 0 Å². The van der Waals surface area contributed by atoms with Gasteiger partial charge in [0.05, 0.1) is 42.3 Å². The van der Waals surface area contributed by atoms with Crippen molar-refractivity contribution in [2.45, 2.75) is 44.4 Å². The number of alkyl halides is 3. The number of allylic oxidation sites excluding steroid dienone is 2. The summed E-state index contributed by atoms with van der Waals surface area (Å²) in [6.07, 6.45) is -4.04. The van der Waals surface area contributed by atoms with Crippen molar-refractivity contribution in [3.8, 4) is 11.5 Å². The summed E-state index contributed by atoms with van der Waals surface area (Å²) in [5.74, 6) is -2.83. The third-order valence-corrected chi connectivity index (χ3v) is 8.03. The average molecular weight is 728 g/mol. The number of nitro benzene ring substituents is 1. The highest BCUT2D eigenvalue weighted by atomic mass is 19.4. The van der Waals surface area contributed by atoms with Gasteiger partial charge in [-0.05, 0) is 55.6 Å². The number of rotatable bonds is 18. The van der Waals surface area contributed by atoms with Gasteiger partial charge in [0.2, 0.25) is 0 Å². The van der Waals surface area contributed by atoms with Crippen LogP contribution < -0.4 is 20.1 Å². The van der Waals surface area contributed by atoms with E-state index in [2.05, 4.69) is 15.4 Å². The number of para-hydroxylation sites is 2. The number of aliphatic hydroxyl groups is 1. The largest absolute Gasteiger partial charge is 0.493 e. The second-order valence-electron chi connectivity index (χ2n) is 11.8. The van der Waals surface area contributed by atoms with Crippen LogP contribution in [0.4, 0.5) is 18.9 Å². The first-order valence-electron chi connectivity index (χ1n) is 16.5. The number of aliphatic hydroxyl groups excluding tert-OH is 1. The predicted octanol–water partition coefficient (Wildman–Crippen LogP) is 5.52. The smallest absolute Gasteiger partial charge is 0.431 e. The molecule has 3 N–H and O–H groups in total. The Morgan fingerprint density at radius 2 is 1.69 bits per heavy atom. The lowest BCUT2D eigenvalue weighted by Gasteiger charge is -2.32. The average Bonchev–Trinajstić information content (AvgIpc) is 3.13. The number of carbonyl (C=O) groups is 2. The SMILES string of the molecule is COC(=O)C1=C(C(F)(F)F)NC(C)=C(C(=O)OCCc2ccccc2OCCCCNCC(O)COc2ccccc2)C1c1cccc([N+](=O)[O-])c1. The van der Waals surface area contributed by atoms with Crippen molar-refractivity contribution in [1.29, 1.82) is 0 Å². The molecule has 3 aromatic carbocycles. The summed E-state index contributed by atoms with van der Waals surface area (Å²) in [6.45, 7) is 2.62. The number of ether oxygens (including phenoxy) is 4. The van der Waals surface area contributed by atoms with Gasteiger partial charge in [-0.3, -0.25) is 10.1 Å². The molecular formula is C37H40F3N3O9. The summed E-state index contributed by atoms with van der Waals surface area (Å²) < 4.78 is 64.3. The molecule has 2 unspecified atom stereocenters. The zero-order chi connectivity index (χ0) is 37.7. The first kappa shape index (κ1) is 39.4. The Balaban J connectivity index is 1.34. The summed E-state index contributed by atoms with van der Waals surface area (Å²) in [7, 11) is 0.893. The molecule has 0 aliphatic carbocycles. The molecule has 1 aliphatic heterocycles. The fourth-order valence-electron chi connectivity index (χ4n) is 5.56. The molecule has 0 bridgehead atoms. The van der Waals surface area contributed by atoms with Gasteiger partial charge < -0.3 is 34.7 Å². The molecule has 3 aromatic rings. The maximum Gasteiger partial charge on any atom is 0.431 e. The molecule has 278 valence electrons. The van der Waals surface area contributed by atoms with E-state index in [9.17, 15) is 38.0 Å². The highest BCUT2D eigenvalue weighted by Crippen LogP contribution is 2.44. The minimum Gasteiger partial charge on any atom is -0.493 e. The van der Waals surface area contributed by atoms with Crippen molar-refractivity contribution in [1.82, 2.24) is 10.6 Å². The van der Waals surface area contributed by atoms with Crippen molar-refractivity contribution in [2.24, 2.45) is 0 Å². The molecule has 0 aromatic heterocycles. The van der Waals surface area contributed by atoms with Gasteiger partial charge in [0.15, 0.2) is 0 Å². The van der Waals surface area contributed by atoms with Crippen LogP contribution in [-0.4, -0.2) is 74.3 Å². The Labute approximate surface area is 298 Å². The summed E-state index contributed by atoms with van der Waals surface area (Å²) in [6, 6.07) is 21.0. The van der Waals surface area contributed by atoms with E-state index in [-0.39, 0.29) is 36.5 Å². The molecule has 0 saturated carbocycles. The Morgan fingerprint density at radius 3 is 2.40 bits per heavy atom. The van der Waals surface area contributed by atoms with Gasteiger partial charge in [-0.1, -0.05) is 48.5 Å². The van der Waals surface area contributed by atoms with E-state index in [0.29, 0.717) is 43.2 Å². The highest BCUT2D eigenvalue weighted by Gasteiger charge is 2.47. The third-order valence-electron chi connectivity index (χ3n) is 8.03. The van der Waals surface area contributed by atoms with Crippen LogP contribution in [0.1, 0.15) is 36.8 Å². The van der Waals surface area contributed by atoms with E-state index in [4.69, 9.17) is 14.2 Å². The Morgan fingerprint density at radius 1 is 0.962 bits per heavy atom. The van der Waals surface area contributed by atoms with Gasteiger partial charge in [-0.2, -0.15) is 13.2 Å². The normalized spacial score (nSPS) is 15.1. The number of esters is 2. The summed E-state index contributed by atoms with van der Waals surface area (Å²) in [5.41, 5.74) is -2.79. The fraction of sp³-hybridized carbons (Fsp3) is 0.351. The van der Waals surface area contributed by atoms with Crippen molar-refractivity contribution >= 4 is 17.6 Å². The Bertz CT molecular complexity index is 1760. The monoisotopic (exact) mass is 727 g/mol. The van der Waals surface area contributed by atoms with Gasteiger partial charge >= 0.3 is 18.1 Å². The molecule has 0 spiro atoms. The number of benzene rings is 3. The number of nitrogens with one attached hydrogen (secondary N) is 2. The van der Waals surface area contributed by atoms with Crippen LogP contribution in [0.15, 0.2) is 101 Å². The second kappa shape index (κ2) is 18.7. The third kappa shape index (κ3) is 10.8.